The Labute approximate surface area is 202 Å². The van der Waals surface area contributed by atoms with Crippen LogP contribution in [0.25, 0.3) is 11.0 Å². The minimum absolute atomic E-state index is 0.189. The van der Waals surface area contributed by atoms with Crippen LogP contribution < -0.4 is 14.9 Å². The Morgan fingerprint density at radius 2 is 1.94 bits per heavy atom. The number of para-hydroxylation sites is 1. The van der Waals surface area contributed by atoms with E-state index in [0.29, 0.717) is 35.1 Å². The van der Waals surface area contributed by atoms with Crippen molar-refractivity contribution < 1.29 is 18.7 Å². The molecule has 0 radical (unpaired) electrons. The first-order chi connectivity index (χ1) is 16.6. The third-order valence-electron chi connectivity index (χ3n) is 5.06. The van der Waals surface area contributed by atoms with E-state index in [1.165, 1.54) is 0 Å². The van der Waals surface area contributed by atoms with E-state index in [1.54, 1.807) is 37.6 Å². The normalized spacial score (nSPS) is 11.0. The van der Waals surface area contributed by atoms with Crippen LogP contribution in [0.1, 0.15) is 27.2 Å². The molecule has 0 aliphatic heterocycles. The number of furan rings is 1. The number of carbonyl (C=O) groups excluding carboxylic acids is 1. The van der Waals surface area contributed by atoms with Crippen LogP contribution in [0.3, 0.4) is 0 Å². The Bertz CT molecular complexity index is 1310. The topological polar surface area (TPSA) is 73.1 Å². The highest BCUT2D eigenvalue weighted by molar-refractivity contribution is 6.30. The van der Waals surface area contributed by atoms with Crippen LogP contribution in [0.5, 0.6) is 11.5 Å². The Morgan fingerprint density at radius 1 is 1.15 bits per heavy atom. The number of carbonyl (C=O) groups is 1. The fourth-order valence-electron chi connectivity index (χ4n) is 3.43. The molecule has 0 fully saturated rings. The molecule has 4 aromatic rings. The molecule has 1 amide bonds. The molecule has 0 saturated heterocycles. The molecular formula is C27H23ClN2O4. The highest BCUT2D eigenvalue weighted by atomic mass is 35.5. The summed E-state index contributed by atoms with van der Waals surface area (Å²) in [6.07, 6.45) is 3.90. The van der Waals surface area contributed by atoms with Gasteiger partial charge in [-0.15, -0.1) is 6.58 Å². The minimum atomic E-state index is -0.436. The van der Waals surface area contributed by atoms with E-state index in [-0.39, 0.29) is 5.76 Å². The lowest BCUT2D eigenvalue weighted by Gasteiger charge is -2.16. The first-order valence-electron chi connectivity index (χ1n) is 10.6. The summed E-state index contributed by atoms with van der Waals surface area (Å²) < 4.78 is 17.2. The van der Waals surface area contributed by atoms with Crippen LogP contribution in [-0.2, 0) is 13.0 Å². The monoisotopic (exact) mass is 474 g/mol. The summed E-state index contributed by atoms with van der Waals surface area (Å²) in [6.45, 7) is 4.19. The molecule has 3 aromatic carbocycles. The van der Waals surface area contributed by atoms with Crippen molar-refractivity contribution >= 4 is 34.7 Å². The van der Waals surface area contributed by atoms with Crippen molar-refractivity contribution in [1.29, 1.82) is 0 Å². The lowest BCUT2D eigenvalue weighted by molar-refractivity contribution is 0.0929. The van der Waals surface area contributed by atoms with Crippen molar-refractivity contribution in [1.82, 2.24) is 5.43 Å². The highest BCUT2D eigenvalue weighted by Gasteiger charge is 2.14. The number of halogens is 1. The Morgan fingerprint density at radius 3 is 2.68 bits per heavy atom. The quantitative estimate of drug-likeness (QED) is 0.179. The average Bonchev–Trinajstić information content (AvgIpc) is 3.29. The van der Waals surface area contributed by atoms with Crippen molar-refractivity contribution in [2.24, 2.45) is 5.10 Å². The van der Waals surface area contributed by atoms with Crippen molar-refractivity contribution in [2.75, 3.05) is 7.11 Å². The van der Waals surface area contributed by atoms with Crippen LogP contribution in [0.2, 0.25) is 5.02 Å². The summed E-state index contributed by atoms with van der Waals surface area (Å²) in [5.74, 6) is 0.932. The van der Waals surface area contributed by atoms with E-state index >= 15 is 0 Å². The number of rotatable bonds is 9. The number of hydrazone groups is 1. The van der Waals surface area contributed by atoms with Gasteiger partial charge < -0.3 is 13.9 Å². The maximum atomic E-state index is 12.4. The van der Waals surface area contributed by atoms with Gasteiger partial charge in [0.05, 0.1) is 13.3 Å². The van der Waals surface area contributed by atoms with Crippen LogP contribution >= 0.6 is 11.6 Å². The zero-order chi connectivity index (χ0) is 23.9. The van der Waals surface area contributed by atoms with E-state index < -0.39 is 5.91 Å². The van der Waals surface area contributed by atoms with Gasteiger partial charge in [-0.1, -0.05) is 48.0 Å². The number of ether oxygens (including phenoxy) is 2. The third kappa shape index (κ3) is 5.47. The molecule has 7 heteroatoms. The molecule has 6 nitrogen and oxygen atoms in total. The van der Waals surface area contributed by atoms with Gasteiger partial charge in [-0.25, -0.2) is 5.43 Å². The van der Waals surface area contributed by atoms with Gasteiger partial charge in [0.15, 0.2) is 17.3 Å². The van der Waals surface area contributed by atoms with Gasteiger partial charge in [-0.3, -0.25) is 4.79 Å². The third-order valence-corrected chi connectivity index (χ3v) is 5.32. The lowest BCUT2D eigenvalue weighted by Crippen LogP contribution is -2.16. The van der Waals surface area contributed by atoms with Crippen molar-refractivity contribution in [3.8, 4) is 11.5 Å². The molecule has 1 aromatic heterocycles. The second-order valence-corrected chi connectivity index (χ2v) is 7.90. The van der Waals surface area contributed by atoms with Gasteiger partial charge >= 0.3 is 5.91 Å². The molecule has 0 spiro atoms. The SMILES string of the molecule is C=CCc1cc(/C=N\NC(=O)c2cc3ccccc3o2)cc(OC)c1OCc1ccc(Cl)cc1. The number of nitrogens with one attached hydrogen (secondary N) is 1. The lowest BCUT2D eigenvalue weighted by atomic mass is 10.1. The zero-order valence-electron chi connectivity index (χ0n) is 18.6. The standard InChI is InChI=1S/C27H23ClN2O4/c1-3-6-21-13-19(14-24(32-2)26(21)33-17-18-9-11-22(28)12-10-18)16-29-30-27(31)25-15-20-7-4-5-8-23(20)34-25/h3-5,7-16H,1,6,17H2,2H3,(H,30,31)/b29-16-. The smallest absolute Gasteiger partial charge is 0.307 e. The predicted octanol–water partition coefficient (Wildman–Crippen LogP) is 6.17. The second-order valence-electron chi connectivity index (χ2n) is 7.47. The first-order valence-corrected chi connectivity index (χ1v) is 11.0. The molecule has 34 heavy (non-hydrogen) atoms. The summed E-state index contributed by atoms with van der Waals surface area (Å²) >= 11 is 5.96. The number of methoxy groups -OCH3 is 1. The van der Waals surface area contributed by atoms with Gasteiger partial charge in [0.1, 0.15) is 12.2 Å². The molecular weight excluding hydrogens is 452 g/mol. The summed E-state index contributed by atoms with van der Waals surface area (Å²) in [6, 6.07) is 20.3. The van der Waals surface area contributed by atoms with Gasteiger partial charge in [0, 0.05) is 16.0 Å². The van der Waals surface area contributed by atoms with Gasteiger partial charge in [-0.05, 0) is 53.9 Å². The molecule has 172 valence electrons. The molecule has 0 atom stereocenters. The largest absolute Gasteiger partial charge is 0.493 e. The molecule has 0 saturated carbocycles. The number of amides is 1. The predicted molar refractivity (Wildman–Crippen MR) is 134 cm³/mol. The van der Waals surface area contributed by atoms with Crippen molar-refractivity contribution in [2.45, 2.75) is 13.0 Å². The number of nitrogens with zero attached hydrogens (tertiary/aromatic N) is 1. The maximum Gasteiger partial charge on any atom is 0.307 e. The average molecular weight is 475 g/mol. The van der Waals surface area contributed by atoms with Crippen LogP contribution in [-0.4, -0.2) is 19.2 Å². The summed E-state index contributed by atoms with van der Waals surface area (Å²) in [4.78, 5) is 12.4. The number of fused-ring (bicyclic) bond motifs is 1. The molecule has 1 N–H and O–H groups in total. The number of hydrogen-bond donors (Lipinski definition) is 1. The van der Waals surface area contributed by atoms with E-state index in [1.807, 2.05) is 48.5 Å². The number of hydrogen-bond acceptors (Lipinski definition) is 5. The summed E-state index contributed by atoms with van der Waals surface area (Å²) in [5, 5.41) is 5.60. The Kier molecular flexibility index (Phi) is 7.30. The highest BCUT2D eigenvalue weighted by Crippen LogP contribution is 2.34. The molecule has 1 heterocycles. The fraction of sp³-hybridized carbons (Fsp3) is 0.111. The van der Waals surface area contributed by atoms with E-state index in [0.717, 1.165) is 22.1 Å². The Balaban J connectivity index is 1.50. The first kappa shape index (κ1) is 23.1. The second kappa shape index (κ2) is 10.7. The van der Waals surface area contributed by atoms with Crippen LogP contribution in [0.4, 0.5) is 0 Å². The molecule has 0 unspecified atom stereocenters. The van der Waals surface area contributed by atoms with E-state index in [9.17, 15) is 4.79 Å². The molecule has 0 aliphatic rings. The number of benzene rings is 3. The van der Waals surface area contributed by atoms with Crippen molar-refractivity contribution in [3.63, 3.8) is 0 Å². The van der Waals surface area contributed by atoms with E-state index in [2.05, 4.69) is 17.1 Å². The van der Waals surface area contributed by atoms with Gasteiger partial charge in [0.2, 0.25) is 0 Å². The summed E-state index contributed by atoms with van der Waals surface area (Å²) in [5.41, 5.74) is 5.74. The number of allylic oxidation sites excluding steroid dienone is 1. The van der Waals surface area contributed by atoms with Gasteiger partial charge in [-0.2, -0.15) is 5.10 Å². The van der Waals surface area contributed by atoms with E-state index in [4.69, 9.17) is 25.5 Å². The fourth-order valence-corrected chi connectivity index (χ4v) is 3.56. The van der Waals surface area contributed by atoms with Crippen molar-refractivity contribution in [3.05, 3.63) is 107 Å². The van der Waals surface area contributed by atoms with Crippen LogP contribution in [0.15, 0.2) is 88.9 Å². The summed E-state index contributed by atoms with van der Waals surface area (Å²) in [7, 11) is 1.58. The minimum Gasteiger partial charge on any atom is -0.493 e. The molecule has 0 aliphatic carbocycles. The zero-order valence-corrected chi connectivity index (χ0v) is 19.3. The molecule has 0 bridgehead atoms. The van der Waals surface area contributed by atoms with Crippen LogP contribution in [0, 0.1) is 0 Å². The molecule has 4 rings (SSSR count). The Hall–Kier alpha value is -4.03. The van der Waals surface area contributed by atoms with Gasteiger partial charge in [0.25, 0.3) is 0 Å². The maximum absolute atomic E-state index is 12.4.